The van der Waals surface area contributed by atoms with Crippen molar-refractivity contribution in [2.24, 2.45) is 0 Å². The zero-order valence-electron chi connectivity index (χ0n) is 11.8. The van der Waals surface area contributed by atoms with E-state index in [0.717, 1.165) is 16.9 Å². The highest BCUT2D eigenvalue weighted by molar-refractivity contribution is 5.77. The van der Waals surface area contributed by atoms with Crippen LogP contribution in [-0.4, -0.2) is 12.3 Å². The van der Waals surface area contributed by atoms with E-state index in [-0.39, 0.29) is 0 Å². The molecule has 1 saturated carbocycles. The summed E-state index contributed by atoms with van der Waals surface area (Å²) in [5.74, 6) is 1.79. The Morgan fingerprint density at radius 2 is 2.00 bits per heavy atom. The fourth-order valence-electron chi connectivity index (χ4n) is 3.08. The number of nitrogen functional groups attached to an aromatic ring is 1. The fraction of sp³-hybridized carbons (Fsp3) is 0.438. The van der Waals surface area contributed by atoms with E-state index >= 15 is 0 Å². The molecule has 3 rings (SSSR count). The maximum atomic E-state index is 5.84. The molecule has 0 atom stereocenters. The topological polar surface area (TPSA) is 61.3 Å². The Bertz CT molecular complexity index is 586. The van der Waals surface area contributed by atoms with Crippen LogP contribution >= 0.6 is 0 Å². The van der Waals surface area contributed by atoms with Gasteiger partial charge in [0.05, 0.1) is 18.9 Å². The molecule has 0 spiro atoms. The Morgan fingerprint density at radius 3 is 2.65 bits per heavy atom. The third kappa shape index (κ3) is 2.38. The van der Waals surface area contributed by atoms with E-state index < -0.39 is 0 Å². The van der Waals surface area contributed by atoms with Gasteiger partial charge < -0.3 is 15.0 Å². The quantitative estimate of drug-likeness (QED) is 0.918. The highest BCUT2D eigenvalue weighted by Gasteiger charge is 2.19. The summed E-state index contributed by atoms with van der Waals surface area (Å²) < 4.78 is 10.4. The van der Waals surface area contributed by atoms with Crippen molar-refractivity contribution in [2.75, 3.05) is 12.8 Å². The zero-order valence-corrected chi connectivity index (χ0v) is 11.8. The van der Waals surface area contributed by atoms with Crippen molar-refractivity contribution in [3.05, 3.63) is 30.0 Å². The number of nitrogens with two attached hydrogens (primary N) is 1. The number of ether oxygens (including phenoxy) is 1. The van der Waals surface area contributed by atoms with Gasteiger partial charge in [-0.25, -0.2) is 0 Å². The molecule has 20 heavy (non-hydrogen) atoms. The van der Waals surface area contributed by atoms with Gasteiger partial charge in [-0.05, 0) is 36.5 Å². The lowest BCUT2D eigenvalue weighted by molar-refractivity contribution is 0.414. The normalized spacial score (nSPS) is 16.2. The summed E-state index contributed by atoms with van der Waals surface area (Å²) in [7, 11) is 1.67. The van der Waals surface area contributed by atoms with Gasteiger partial charge in [0, 0.05) is 5.56 Å². The van der Waals surface area contributed by atoms with E-state index in [0.29, 0.717) is 11.8 Å². The monoisotopic (exact) mass is 272 g/mol. The SMILES string of the molecule is COc1ccc(C2CCCCC2)cc1-c1cnoc1N. The molecule has 2 aromatic rings. The smallest absolute Gasteiger partial charge is 0.230 e. The molecule has 0 amide bonds. The minimum atomic E-state index is 0.337. The summed E-state index contributed by atoms with van der Waals surface area (Å²) in [5, 5.41) is 3.76. The van der Waals surface area contributed by atoms with E-state index in [1.807, 2.05) is 6.07 Å². The van der Waals surface area contributed by atoms with E-state index in [1.54, 1.807) is 13.3 Å². The molecule has 1 aromatic carbocycles. The van der Waals surface area contributed by atoms with Crippen molar-refractivity contribution < 1.29 is 9.26 Å². The molecule has 0 radical (unpaired) electrons. The van der Waals surface area contributed by atoms with E-state index in [2.05, 4.69) is 17.3 Å². The molecule has 1 aliphatic rings. The standard InChI is InChI=1S/C16H20N2O2/c1-19-15-8-7-12(11-5-3-2-4-6-11)9-13(15)14-10-18-20-16(14)17/h7-11H,2-6,17H2,1H3. The fourth-order valence-corrected chi connectivity index (χ4v) is 3.08. The Hall–Kier alpha value is -1.97. The minimum absolute atomic E-state index is 0.337. The summed E-state index contributed by atoms with van der Waals surface area (Å²) in [6.45, 7) is 0. The van der Waals surface area contributed by atoms with Crippen molar-refractivity contribution in [2.45, 2.75) is 38.0 Å². The summed E-state index contributed by atoms with van der Waals surface area (Å²) in [6.07, 6.45) is 8.19. The number of anilines is 1. The predicted octanol–water partition coefficient (Wildman–Crippen LogP) is 3.98. The molecule has 0 bridgehead atoms. The Labute approximate surface area is 118 Å². The molecule has 1 aromatic heterocycles. The summed E-state index contributed by atoms with van der Waals surface area (Å²) in [5.41, 5.74) is 8.97. The molecule has 1 heterocycles. The number of hydrogen-bond acceptors (Lipinski definition) is 4. The highest BCUT2D eigenvalue weighted by atomic mass is 16.5. The molecule has 0 saturated heterocycles. The van der Waals surface area contributed by atoms with Crippen molar-refractivity contribution in [1.82, 2.24) is 5.16 Å². The summed E-state index contributed by atoms with van der Waals surface area (Å²) in [4.78, 5) is 0. The molecule has 0 aliphatic heterocycles. The minimum Gasteiger partial charge on any atom is -0.496 e. The van der Waals surface area contributed by atoms with Crippen molar-refractivity contribution in [1.29, 1.82) is 0 Å². The molecule has 106 valence electrons. The molecular formula is C16H20N2O2. The molecule has 2 N–H and O–H groups in total. The van der Waals surface area contributed by atoms with Gasteiger partial charge in [-0.2, -0.15) is 0 Å². The van der Waals surface area contributed by atoms with Gasteiger partial charge >= 0.3 is 0 Å². The van der Waals surface area contributed by atoms with Gasteiger partial charge in [0.15, 0.2) is 0 Å². The number of rotatable bonds is 3. The first-order valence-electron chi connectivity index (χ1n) is 7.18. The van der Waals surface area contributed by atoms with Crippen LogP contribution in [0.1, 0.15) is 43.6 Å². The first-order chi connectivity index (χ1) is 9.79. The summed E-state index contributed by atoms with van der Waals surface area (Å²) >= 11 is 0. The van der Waals surface area contributed by atoms with Crippen LogP contribution in [0.4, 0.5) is 5.88 Å². The molecule has 1 aliphatic carbocycles. The van der Waals surface area contributed by atoms with Crippen LogP contribution in [0.3, 0.4) is 0 Å². The van der Waals surface area contributed by atoms with Crippen LogP contribution < -0.4 is 10.5 Å². The molecular weight excluding hydrogens is 252 g/mol. The highest BCUT2D eigenvalue weighted by Crippen LogP contribution is 2.39. The van der Waals surface area contributed by atoms with Gasteiger partial charge in [0.1, 0.15) is 5.75 Å². The average molecular weight is 272 g/mol. The zero-order chi connectivity index (χ0) is 13.9. The van der Waals surface area contributed by atoms with E-state index in [1.165, 1.54) is 37.7 Å². The Morgan fingerprint density at radius 1 is 1.20 bits per heavy atom. The number of hydrogen-bond donors (Lipinski definition) is 1. The van der Waals surface area contributed by atoms with Crippen molar-refractivity contribution in [3.63, 3.8) is 0 Å². The van der Waals surface area contributed by atoms with Crippen LogP contribution in [0.5, 0.6) is 5.75 Å². The van der Waals surface area contributed by atoms with Crippen LogP contribution in [0, 0.1) is 0 Å². The Kier molecular flexibility index (Phi) is 3.63. The second kappa shape index (κ2) is 5.57. The molecule has 4 nitrogen and oxygen atoms in total. The molecule has 0 unspecified atom stereocenters. The van der Waals surface area contributed by atoms with Gasteiger partial charge in [0.25, 0.3) is 0 Å². The van der Waals surface area contributed by atoms with Crippen molar-refractivity contribution in [3.8, 4) is 16.9 Å². The first-order valence-corrected chi connectivity index (χ1v) is 7.18. The van der Waals surface area contributed by atoms with Crippen LogP contribution in [0.15, 0.2) is 28.9 Å². The summed E-state index contributed by atoms with van der Waals surface area (Å²) in [6, 6.07) is 6.37. The van der Waals surface area contributed by atoms with Crippen LogP contribution in [0.2, 0.25) is 0 Å². The number of benzene rings is 1. The third-order valence-electron chi connectivity index (χ3n) is 4.19. The van der Waals surface area contributed by atoms with E-state index in [4.69, 9.17) is 15.0 Å². The third-order valence-corrected chi connectivity index (χ3v) is 4.19. The van der Waals surface area contributed by atoms with Gasteiger partial charge in [-0.15, -0.1) is 0 Å². The molecule has 4 heteroatoms. The lowest BCUT2D eigenvalue weighted by Gasteiger charge is -2.23. The first kappa shape index (κ1) is 13.0. The molecule has 1 fully saturated rings. The van der Waals surface area contributed by atoms with Crippen LogP contribution in [0.25, 0.3) is 11.1 Å². The van der Waals surface area contributed by atoms with Crippen molar-refractivity contribution >= 4 is 5.88 Å². The van der Waals surface area contributed by atoms with Gasteiger partial charge in [-0.1, -0.05) is 30.5 Å². The number of aromatic nitrogens is 1. The second-order valence-corrected chi connectivity index (χ2v) is 5.40. The number of methoxy groups -OCH3 is 1. The van der Waals surface area contributed by atoms with Crippen LogP contribution in [-0.2, 0) is 0 Å². The maximum absolute atomic E-state index is 5.84. The average Bonchev–Trinajstić information content (AvgIpc) is 2.93. The van der Waals surface area contributed by atoms with Gasteiger partial charge in [0.2, 0.25) is 5.88 Å². The lowest BCUT2D eigenvalue weighted by atomic mass is 9.83. The Balaban J connectivity index is 2.00. The van der Waals surface area contributed by atoms with Gasteiger partial charge in [-0.3, -0.25) is 0 Å². The lowest BCUT2D eigenvalue weighted by Crippen LogP contribution is -2.05. The largest absolute Gasteiger partial charge is 0.496 e. The predicted molar refractivity (Wildman–Crippen MR) is 78.7 cm³/mol. The van der Waals surface area contributed by atoms with E-state index in [9.17, 15) is 0 Å². The number of nitrogens with zero attached hydrogens (tertiary/aromatic N) is 1. The second-order valence-electron chi connectivity index (χ2n) is 5.40. The maximum Gasteiger partial charge on any atom is 0.230 e.